The quantitative estimate of drug-likeness (QED) is 0.696. The monoisotopic (exact) mass is 395 g/mol. The molecule has 2 saturated heterocycles. The molecule has 4 atom stereocenters. The molecule has 150 valence electrons. The van der Waals surface area contributed by atoms with Crippen LogP contribution in [0.5, 0.6) is 5.75 Å². The lowest BCUT2D eigenvalue weighted by Gasteiger charge is -2.38. The first kappa shape index (κ1) is 18.1. The smallest absolute Gasteiger partial charge is 0.185 e. The molecule has 2 aliphatic rings. The maximum Gasteiger partial charge on any atom is 0.185 e. The summed E-state index contributed by atoms with van der Waals surface area (Å²) in [5.41, 5.74) is 2.45. The summed E-state index contributed by atoms with van der Waals surface area (Å²) in [5, 5.41) is 22.1. The summed E-state index contributed by atoms with van der Waals surface area (Å²) in [5.74, 6) is 0.808. The third-order valence-corrected chi connectivity index (χ3v) is 5.98. The van der Waals surface area contributed by atoms with Crippen LogP contribution >= 0.6 is 0 Å². The second kappa shape index (κ2) is 6.84. The second-order valence-electron chi connectivity index (χ2n) is 7.92. The number of fused-ring (bicyclic) bond motifs is 3. The first-order valence-corrected chi connectivity index (χ1v) is 9.79. The molecule has 0 aliphatic carbocycles. The number of aryl methyl sites for hydroxylation is 1. The van der Waals surface area contributed by atoms with Crippen molar-refractivity contribution in [1.29, 1.82) is 0 Å². The minimum absolute atomic E-state index is 0.0114. The number of aromatic hydroxyl groups is 1. The molecule has 2 N–H and O–H groups in total. The van der Waals surface area contributed by atoms with Crippen LogP contribution in [-0.4, -0.2) is 61.6 Å². The first-order chi connectivity index (χ1) is 14.0. The molecule has 2 unspecified atom stereocenters. The predicted octanol–water partition coefficient (Wildman–Crippen LogP) is 2.16. The zero-order valence-corrected chi connectivity index (χ0v) is 16.2. The van der Waals surface area contributed by atoms with Crippen molar-refractivity contribution < 1.29 is 9.50 Å². The van der Waals surface area contributed by atoms with E-state index in [1.165, 1.54) is 0 Å². The van der Waals surface area contributed by atoms with Crippen molar-refractivity contribution in [1.82, 2.24) is 30.5 Å². The van der Waals surface area contributed by atoms with E-state index >= 15 is 0 Å². The zero-order chi connectivity index (χ0) is 20.1. The lowest BCUT2D eigenvalue weighted by Crippen LogP contribution is -2.55. The zero-order valence-electron chi connectivity index (χ0n) is 16.2. The van der Waals surface area contributed by atoms with Crippen molar-refractivity contribution in [3.8, 4) is 17.1 Å². The van der Waals surface area contributed by atoms with E-state index in [4.69, 9.17) is 0 Å². The topological polar surface area (TPSA) is 100.0 Å². The van der Waals surface area contributed by atoms with Crippen molar-refractivity contribution >= 4 is 16.9 Å². The fourth-order valence-corrected chi connectivity index (χ4v) is 4.39. The molecule has 9 heteroatoms. The summed E-state index contributed by atoms with van der Waals surface area (Å²) in [7, 11) is 1.83. The van der Waals surface area contributed by atoms with Crippen molar-refractivity contribution in [3.05, 3.63) is 30.2 Å². The number of nitrogens with one attached hydrogen (secondary N) is 1. The van der Waals surface area contributed by atoms with Crippen molar-refractivity contribution in [2.24, 2.45) is 0 Å². The van der Waals surface area contributed by atoms with Gasteiger partial charge in [-0.05, 0) is 32.3 Å². The summed E-state index contributed by atoms with van der Waals surface area (Å²) in [6, 6.07) is 3.27. The molecule has 0 saturated carbocycles. The van der Waals surface area contributed by atoms with Gasteiger partial charge in [0.05, 0.1) is 34.5 Å². The number of phenols is 1. The van der Waals surface area contributed by atoms with Gasteiger partial charge in [-0.15, -0.1) is 10.2 Å². The van der Waals surface area contributed by atoms with E-state index in [-0.39, 0.29) is 23.7 Å². The standard InChI is InChI=1S/C20H22FN7O/c1-10-8-22-14-7-17(29)12(6-15(14)24-10)20-23-9-18(26-27-20)28(2)16-5-11-3-4-13(25-11)19(16)21/h6-9,11,13,16,19,25,29H,3-5H2,1-2H3/t11?,13?,16-,19+/m1/s1. The van der Waals surface area contributed by atoms with Crippen molar-refractivity contribution in [2.45, 2.75) is 50.5 Å². The summed E-state index contributed by atoms with van der Waals surface area (Å²) in [6.07, 6.45) is 4.90. The summed E-state index contributed by atoms with van der Waals surface area (Å²) in [4.78, 5) is 14.9. The maximum atomic E-state index is 14.8. The maximum absolute atomic E-state index is 14.8. The highest BCUT2D eigenvalue weighted by Gasteiger charge is 2.43. The van der Waals surface area contributed by atoms with Gasteiger partial charge in [-0.3, -0.25) is 4.98 Å². The molecule has 0 radical (unpaired) electrons. The third-order valence-electron chi connectivity index (χ3n) is 5.98. The van der Waals surface area contributed by atoms with Crippen LogP contribution in [0.25, 0.3) is 22.4 Å². The number of phenolic OH excluding ortho intramolecular Hbond substituents is 1. The largest absolute Gasteiger partial charge is 0.507 e. The van der Waals surface area contributed by atoms with Crippen LogP contribution in [0.1, 0.15) is 25.0 Å². The Morgan fingerprint density at radius 1 is 1.14 bits per heavy atom. The van der Waals surface area contributed by atoms with Crippen LogP contribution in [0.4, 0.5) is 10.2 Å². The third kappa shape index (κ3) is 3.15. The van der Waals surface area contributed by atoms with E-state index in [1.54, 1.807) is 24.5 Å². The molecule has 1 aromatic carbocycles. The van der Waals surface area contributed by atoms with Gasteiger partial charge in [-0.1, -0.05) is 0 Å². The number of hydrogen-bond donors (Lipinski definition) is 2. The molecule has 2 aliphatic heterocycles. The molecule has 8 nitrogen and oxygen atoms in total. The van der Waals surface area contributed by atoms with Gasteiger partial charge < -0.3 is 15.3 Å². The van der Waals surface area contributed by atoms with Gasteiger partial charge in [0, 0.05) is 31.4 Å². The first-order valence-electron chi connectivity index (χ1n) is 9.79. The van der Waals surface area contributed by atoms with Crippen LogP contribution in [0.15, 0.2) is 24.5 Å². The van der Waals surface area contributed by atoms with E-state index in [1.807, 2.05) is 18.9 Å². The Kier molecular flexibility index (Phi) is 4.27. The Labute approximate surface area is 167 Å². The highest BCUT2D eigenvalue weighted by molar-refractivity contribution is 5.83. The SMILES string of the molecule is Cc1cnc2cc(O)c(-c3ncc(N(C)[C@@H]4CC5CCC(N5)[C@@H]4F)nn3)cc2n1. The van der Waals surface area contributed by atoms with Gasteiger partial charge in [-0.25, -0.2) is 14.4 Å². The van der Waals surface area contributed by atoms with Crippen LogP contribution in [-0.2, 0) is 0 Å². The summed E-state index contributed by atoms with van der Waals surface area (Å²) in [6.45, 7) is 1.85. The number of alkyl halides is 1. The van der Waals surface area contributed by atoms with Gasteiger partial charge in [0.2, 0.25) is 0 Å². The van der Waals surface area contributed by atoms with E-state index in [9.17, 15) is 9.50 Å². The highest BCUT2D eigenvalue weighted by atomic mass is 19.1. The average molecular weight is 395 g/mol. The Hall–Kier alpha value is -2.94. The minimum Gasteiger partial charge on any atom is -0.507 e. The van der Waals surface area contributed by atoms with Crippen molar-refractivity contribution in [2.75, 3.05) is 11.9 Å². The normalized spacial score (nSPS) is 26.0. The number of anilines is 1. The lowest BCUT2D eigenvalue weighted by atomic mass is 9.96. The Bertz CT molecular complexity index is 1060. The van der Waals surface area contributed by atoms with Crippen LogP contribution in [0.2, 0.25) is 0 Å². The molecular weight excluding hydrogens is 373 g/mol. The molecule has 0 spiro atoms. The molecule has 2 bridgehead atoms. The van der Waals surface area contributed by atoms with Gasteiger partial charge in [-0.2, -0.15) is 0 Å². The Morgan fingerprint density at radius 2 is 2.00 bits per heavy atom. The fraction of sp³-hybridized carbons (Fsp3) is 0.450. The van der Waals surface area contributed by atoms with Crippen LogP contribution in [0, 0.1) is 6.92 Å². The van der Waals surface area contributed by atoms with Crippen LogP contribution < -0.4 is 10.2 Å². The van der Waals surface area contributed by atoms with Crippen molar-refractivity contribution in [3.63, 3.8) is 0 Å². The van der Waals surface area contributed by atoms with E-state index in [0.29, 0.717) is 28.5 Å². The summed E-state index contributed by atoms with van der Waals surface area (Å²) < 4.78 is 14.8. The number of hydrogen-bond acceptors (Lipinski definition) is 8. The number of nitrogens with zero attached hydrogens (tertiary/aromatic N) is 6. The van der Waals surface area contributed by atoms with Crippen LogP contribution in [0.3, 0.4) is 0 Å². The Morgan fingerprint density at radius 3 is 2.79 bits per heavy atom. The number of piperidine rings is 1. The lowest BCUT2D eigenvalue weighted by molar-refractivity contribution is 0.176. The molecule has 4 heterocycles. The van der Waals surface area contributed by atoms with Gasteiger partial charge >= 0.3 is 0 Å². The average Bonchev–Trinajstić information content (AvgIpc) is 3.14. The summed E-state index contributed by atoms with van der Waals surface area (Å²) >= 11 is 0. The van der Waals surface area contributed by atoms with Gasteiger partial charge in [0.15, 0.2) is 11.6 Å². The molecule has 2 aromatic heterocycles. The number of halogens is 1. The van der Waals surface area contributed by atoms with Gasteiger partial charge in [0.25, 0.3) is 0 Å². The molecule has 29 heavy (non-hydrogen) atoms. The van der Waals surface area contributed by atoms with Gasteiger partial charge in [0.1, 0.15) is 11.9 Å². The highest BCUT2D eigenvalue weighted by Crippen LogP contribution is 2.34. The number of aromatic nitrogens is 5. The molecule has 0 amide bonds. The van der Waals surface area contributed by atoms with E-state index in [2.05, 4.69) is 30.5 Å². The predicted molar refractivity (Wildman–Crippen MR) is 106 cm³/mol. The molecule has 5 rings (SSSR count). The molecular formula is C20H22FN7O. The number of rotatable bonds is 3. The fourth-order valence-electron chi connectivity index (χ4n) is 4.39. The Balaban J connectivity index is 1.43. The van der Waals surface area contributed by atoms with E-state index < -0.39 is 6.17 Å². The minimum atomic E-state index is -0.952. The molecule has 2 fully saturated rings. The second-order valence-corrected chi connectivity index (χ2v) is 7.92. The number of benzene rings is 1. The van der Waals surface area contributed by atoms with E-state index in [0.717, 1.165) is 25.0 Å². The molecule has 3 aromatic rings.